The lowest BCUT2D eigenvalue weighted by molar-refractivity contribution is -0.0396. The number of nitrogen functional groups attached to an aromatic ring is 1. The molecule has 4 atom stereocenters. The summed E-state index contributed by atoms with van der Waals surface area (Å²) in [7, 11) is 0. The molecule has 1 saturated heterocycles. The first-order valence-corrected chi connectivity index (χ1v) is 9.27. The van der Waals surface area contributed by atoms with E-state index in [-0.39, 0.29) is 23.5 Å². The highest BCUT2D eigenvalue weighted by atomic mass is 16.5. The Morgan fingerprint density at radius 1 is 1.19 bits per heavy atom. The summed E-state index contributed by atoms with van der Waals surface area (Å²) in [6.07, 6.45) is -0.645. The van der Waals surface area contributed by atoms with E-state index in [9.17, 15) is 14.7 Å². The van der Waals surface area contributed by atoms with E-state index >= 15 is 0 Å². The minimum absolute atomic E-state index is 0.158. The van der Waals surface area contributed by atoms with E-state index in [0.717, 1.165) is 4.90 Å². The van der Waals surface area contributed by atoms with Gasteiger partial charge in [0.1, 0.15) is 17.9 Å². The number of rotatable bonds is 4. The lowest BCUT2D eigenvalue weighted by atomic mass is 10.1. The second-order valence-electron chi connectivity index (χ2n) is 7.10. The van der Waals surface area contributed by atoms with Crippen molar-refractivity contribution in [2.24, 2.45) is 5.11 Å². The van der Waals surface area contributed by atoms with Crippen LogP contribution in [0.15, 0.2) is 42.0 Å². The van der Waals surface area contributed by atoms with Gasteiger partial charge in [-0.25, -0.2) is 15.0 Å². The Morgan fingerprint density at radius 3 is 2.58 bits per heavy atom. The van der Waals surface area contributed by atoms with E-state index in [0.29, 0.717) is 11.2 Å². The molecule has 0 unspecified atom stereocenters. The number of nitrogens with zero attached hydrogens (tertiary/aromatic N) is 8. The molecule has 2 aliphatic heterocycles. The number of anilines is 1. The third-order valence-electron chi connectivity index (χ3n) is 5.42. The molecule has 31 heavy (non-hydrogen) atoms. The largest absolute Gasteiger partial charge is 0.388 e. The maximum atomic E-state index is 12.7. The maximum absolute atomic E-state index is 12.7. The molecule has 3 N–H and O–H groups in total. The van der Waals surface area contributed by atoms with E-state index in [1.807, 2.05) is 0 Å². The Labute approximate surface area is 173 Å². The lowest BCUT2D eigenvalue weighted by Gasteiger charge is -2.21. The zero-order chi connectivity index (χ0) is 21.7. The van der Waals surface area contributed by atoms with Crippen LogP contribution in [0.4, 0.5) is 5.82 Å². The van der Waals surface area contributed by atoms with Crippen molar-refractivity contribution in [1.29, 1.82) is 0 Å². The Bertz CT molecular complexity index is 1230. The molecule has 0 saturated carbocycles. The Balaban J connectivity index is 1.47. The van der Waals surface area contributed by atoms with Crippen molar-refractivity contribution in [3.63, 3.8) is 0 Å². The van der Waals surface area contributed by atoms with Crippen molar-refractivity contribution >= 4 is 28.8 Å². The Kier molecular flexibility index (Phi) is 4.29. The van der Waals surface area contributed by atoms with Crippen LogP contribution in [-0.4, -0.2) is 66.1 Å². The molecule has 5 rings (SSSR count). The van der Waals surface area contributed by atoms with Gasteiger partial charge in [0.05, 0.1) is 36.1 Å². The van der Waals surface area contributed by atoms with Gasteiger partial charge in [0.25, 0.3) is 11.8 Å². The fourth-order valence-electron chi connectivity index (χ4n) is 3.95. The second kappa shape index (κ2) is 7.02. The summed E-state index contributed by atoms with van der Waals surface area (Å²) < 4.78 is 7.39. The summed E-state index contributed by atoms with van der Waals surface area (Å²) >= 11 is 0. The average Bonchev–Trinajstić information content (AvgIpc) is 3.40. The van der Waals surface area contributed by atoms with Gasteiger partial charge in [-0.15, -0.1) is 0 Å². The number of carbonyl (C=O) groups excluding carboxylic acids is 2. The van der Waals surface area contributed by atoms with Gasteiger partial charge in [0, 0.05) is 4.91 Å². The van der Waals surface area contributed by atoms with E-state index in [2.05, 4.69) is 25.0 Å². The molecule has 13 heteroatoms. The van der Waals surface area contributed by atoms with E-state index < -0.39 is 36.3 Å². The van der Waals surface area contributed by atoms with Crippen molar-refractivity contribution in [2.75, 3.05) is 12.3 Å². The standard InChI is InChI=1S/C18H15N9O4/c19-14-12-15(22-6-21-14)27(7-23-12)18-13(28)11(24-25-20)10(31-18)5-26-16(29)8-3-1-2-4-9(8)17(26)30/h1-4,6-7,10-11,13,18,28H,5H2,(H2,19,21,22)/t10-,11-,13+,18-/m1/s1. The number of amides is 2. The van der Waals surface area contributed by atoms with Gasteiger partial charge in [-0.3, -0.25) is 19.1 Å². The summed E-state index contributed by atoms with van der Waals surface area (Å²) in [5, 5.41) is 14.5. The fraction of sp³-hybridized carbons (Fsp3) is 0.278. The number of aliphatic hydroxyl groups is 1. The number of ether oxygens (including phenoxy) is 1. The molecule has 4 heterocycles. The molecule has 2 amide bonds. The second-order valence-corrected chi connectivity index (χ2v) is 7.10. The third kappa shape index (κ3) is 2.79. The minimum Gasteiger partial charge on any atom is -0.388 e. The highest BCUT2D eigenvalue weighted by Gasteiger charge is 2.48. The van der Waals surface area contributed by atoms with Crippen molar-refractivity contribution in [2.45, 2.75) is 24.5 Å². The summed E-state index contributed by atoms with van der Waals surface area (Å²) in [4.78, 5) is 41.4. The molecule has 13 nitrogen and oxygen atoms in total. The van der Waals surface area contributed by atoms with Crippen molar-refractivity contribution in [1.82, 2.24) is 24.4 Å². The first-order chi connectivity index (χ1) is 15.0. The minimum atomic E-state index is -1.29. The number of carbonyl (C=O) groups is 2. The molecule has 0 spiro atoms. The van der Waals surface area contributed by atoms with Gasteiger partial charge >= 0.3 is 0 Å². The number of benzene rings is 1. The Hall–Kier alpha value is -4.06. The summed E-state index contributed by atoms with van der Waals surface area (Å²) in [5.74, 6) is -0.795. The summed E-state index contributed by atoms with van der Waals surface area (Å²) in [5.41, 5.74) is 16.0. The first kappa shape index (κ1) is 18.9. The fourth-order valence-corrected chi connectivity index (χ4v) is 3.95. The molecular weight excluding hydrogens is 406 g/mol. The molecule has 1 aromatic carbocycles. The van der Waals surface area contributed by atoms with E-state index in [1.54, 1.807) is 24.3 Å². The number of aromatic nitrogens is 4. The summed E-state index contributed by atoms with van der Waals surface area (Å²) in [6, 6.07) is 5.40. The van der Waals surface area contributed by atoms with Gasteiger partial charge in [0.2, 0.25) is 0 Å². The molecule has 3 aromatic rings. The zero-order valence-electron chi connectivity index (χ0n) is 15.8. The van der Waals surface area contributed by atoms with Crippen molar-refractivity contribution in [3.8, 4) is 0 Å². The number of imidazole rings is 1. The number of hydrogen-bond donors (Lipinski definition) is 2. The predicted molar refractivity (Wildman–Crippen MR) is 104 cm³/mol. The molecular formula is C18H15N9O4. The van der Waals surface area contributed by atoms with Gasteiger partial charge < -0.3 is 15.6 Å². The van der Waals surface area contributed by atoms with Crippen LogP contribution in [-0.2, 0) is 4.74 Å². The molecule has 0 radical (unpaired) electrons. The van der Waals surface area contributed by atoms with Crippen LogP contribution < -0.4 is 5.73 Å². The number of hydrogen-bond acceptors (Lipinski definition) is 9. The zero-order valence-corrected chi connectivity index (χ0v) is 15.8. The molecule has 0 aliphatic carbocycles. The van der Waals surface area contributed by atoms with Crippen molar-refractivity contribution < 1.29 is 19.4 Å². The maximum Gasteiger partial charge on any atom is 0.261 e. The lowest BCUT2D eigenvalue weighted by Crippen LogP contribution is -2.41. The molecule has 1 fully saturated rings. The van der Waals surface area contributed by atoms with Crippen LogP contribution in [0, 0.1) is 0 Å². The van der Waals surface area contributed by atoms with Crippen LogP contribution in [0.1, 0.15) is 26.9 Å². The van der Waals surface area contributed by atoms with Gasteiger partial charge in [-0.1, -0.05) is 17.2 Å². The molecule has 156 valence electrons. The molecule has 2 aliphatic rings. The molecule has 0 bridgehead atoms. The van der Waals surface area contributed by atoms with Crippen LogP contribution in [0.3, 0.4) is 0 Å². The SMILES string of the molecule is [N-]=[N+]=N[C@H]1[C@H](O)[C@H](n2cnc3c(N)ncnc32)O[C@@H]1CN1C(=O)c2ccccc2C1=O. The topological polar surface area (TPSA) is 185 Å². The number of nitrogens with two attached hydrogens (primary N) is 1. The third-order valence-corrected chi connectivity index (χ3v) is 5.42. The van der Waals surface area contributed by atoms with E-state index in [1.165, 1.54) is 17.2 Å². The number of fused-ring (bicyclic) bond motifs is 2. The predicted octanol–water partition coefficient (Wildman–Crippen LogP) is 0.642. The van der Waals surface area contributed by atoms with Crippen molar-refractivity contribution in [3.05, 3.63) is 58.5 Å². The molecule has 2 aromatic heterocycles. The van der Waals surface area contributed by atoms with E-state index in [4.69, 9.17) is 16.0 Å². The van der Waals surface area contributed by atoms with Gasteiger partial charge in [-0.05, 0) is 17.7 Å². The smallest absolute Gasteiger partial charge is 0.261 e. The summed E-state index contributed by atoms with van der Waals surface area (Å²) in [6.45, 7) is -0.201. The number of aliphatic hydroxyl groups excluding tert-OH is 1. The highest BCUT2D eigenvalue weighted by molar-refractivity contribution is 6.21. The van der Waals surface area contributed by atoms with Crippen LogP contribution in [0.25, 0.3) is 21.6 Å². The quantitative estimate of drug-likeness (QED) is 0.266. The number of imide groups is 1. The van der Waals surface area contributed by atoms with Crippen LogP contribution >= 0.6 is 0 Å². The van der Waals surface area contributed by atoms with Crippen LogP contribution in [0.5, 0.6) is 0 Å². The Morgan fingerprint density at radius 2 is 1.90 bits per heavy atom. The normalized spacial score (nSPS) is 25.1. The average molecular weight is 421 g/mol. The first-order valence-electron chi connectivity index (χ1n) is 9.27. The number of azide groups is 1. The van der Waals surface area contributed by atoms with Gasteiger partial charge in [0.15, 0.2) is 17.7 Å². The van der Waals surface area contributed by atoms with Crippen LogP contribution in [0.2, 0.25) is 0 Å². The monoisotopic (exact) mass is 421 g/mol. The van der Waals surface area contributed by atoms with Gasteiger partial charge in [-0.2, -0.15) is 0 Å². The highest BCUT2D eigenvalue weighted by Crippen LogP contribution is 2.35.